The summed E-state index contributed by atoms with van der Waals surface area (Å²) in [5.74, 6) is 0.775. The molecule has 1 atom stereocenters. The smallest absolute Gasteiger partial charge is 0.133 e. The normalized spacial score (nSPS) is 19.5. The van der Waals surface area contributed by atoms with E-state index in [0.29, 0.717) is 33.0 Å². The van der Waals surface area contributed by atoms with E-state index in [0.717, 1.165) is 28.0 Å². The zero-order chi connectivity index (χ0) is 16.4. The molecule has 1 aliphatic heterocycles. The van der Waals surface area contributed by atoms with Gasteiger partial charge in [0.1, 0.15) is 23.2 Å². The lowest BCUT2D eigenvalue weighted by molar-refractivity contribution is 0.0138. The predicted octanol–water partition coefficient (Wildman–Crippen LogP) is 1.64. The van der Waals surface area contributed by atoms with Crippen LogP contribution in [-0.2, 0) is 16.0 Å². The van der Waals surface area contributed by atoms with Crippen LogP contribution in [0.15, 0.2) is 24.4 Å². The molecule has 126 valence electrons. The van der Waals surface area contributed by atoms with Crippen molar-refractivity contribution in [1.29, 1.82) is 0 Å². The summed E-state index contributed by atoms with van der Waals surface area (Å²) in [7, 11) is 0. The zero-order valence-corrected chi connectivity index (χ0v) is 13.4. The second-order valence-electron chi connectivity index (χ2n) is 5.72. The minimum Gasteiger partial charge on any atom is -0.488 e. The fourth-order valence-corrected chi connectivity index (χ4v) is 2.66. The molecule has 8 nitrogen and oxygen atoms in total. The van der Waals surface area contributed by atoms with Crippen molar-refractivity contribution in [3.05, 3.63) is 24.4 Å². The molecule has 1 N–H and O–H groups in total. The predicted molar refractivity (Wildman–Crippen MR) is 86.8 cm³/mol. The monoisotopic (exact) mass is 329 g/mol. The third-order valence-corrected chi connectivity index (χ3v) is 3.81. The van der Waals surface area contributed by atoms with Gasteiger partial charge in [0, 0.05) is 5.39 Å². The molecule has 0 saturated heterocycles. The average molecular weight is 329 g/mol. The molecule has 4 bridgehead atoms. The third kappa shape index (κ3) is 3.10. The van der Waals surface area contributed by atoms with Gasteiger partial charge in [-0.25, -0.2) is 0 Å². The number of H-pyrrole nitrogens is 1. The Morgan fingerprint density at radius 3 is 3.08 bits per heavy atom. The summed E-state index contributed by atoms with van der Waals surface area (Å²) < 4.78 is 17.0. The number of hydrogen-bond acceptors (Lipinski definition) is 6. The second kappa shape index (κ2) is 6.58. The van der Waals surface area contributed by atoms with Crippen molar-refractivity contribution in [1.82, 2.24) is 25.2 Å². The van der Waals surface area contributed by atoms with Gasteiger partial charge in [0.2, 0.25) is 0 Å². The Morgan fingerprint density at radius 1 is 1.21 bits per heavy atom. The van der Waals surface area contributed by atoms with E-state index in [9.17, 15) is 0 Å². The van der Waals surface area contributed by atoms with Gasteiger partial charge in [0.25, 0.3) is 0 Å². The summed E-state index contributed by atoms with van der Waals surface area (Å²) in [5, 5.41) is 17.1. The molecule has 0 unspecified atom stereocenters. The Kier molecular flexibility index (Phi) is 4.14. The number of hydrogen-bond donors (Lipinski definition) is 1. The number of aromatic nitrogens is 5. The van der Waals surface area contributed by atoms with Crippen molar-refractivity contribution in [2.45, 2.75) is 19.6 Å². The first-order chi connectivity index (χ1) is 11.8. The lowest BCUT2D eigenvalue weighted by Gasteiger charge is -2.15. The molecule has 3 aromatic rings. The number of ether oxygens (including phenoxy) is 3. The van der Waals surface area contributed by atoms with Crippen molar-refractivity contribution in [2.75, 3.05) is 26.4 Å². The molecule has 0 amide bonds. The number of nitrogens with one attached hydrogen (secondary N) is 1. The van der Waals surface area contributed by atoms with E-state index in [1.807, 2.05) is 25.1 Å². The molecule has 3 heterocycles. The SMILES string of the molecule is C[C@H]1COCCOCCn2ncc(n2)-c2n[nH]c3ccc(cc23)O1. The summed E-state index contributed by atoms with van der Waals surface area (Å²) in [5.41, 5.74) is 2.42. The number of aromatic amines is 1. The van der Waals surface area contributed by atoms with Crippen molar-refractivity contribution < 1.29 is 14.2 Å². The molecule has 8 heteroatoms. The number of benzene rings is 1. The molecule has 24 heavy (non-hydrogen) atoms. The van der Waals surface area contributed by atoms with Crippen LogP contribution in [0.3, 0.4) is 0 Å². The van der Waals surface area contributed by atoms with Gasteiger partial charge in [-0.2, -0.15) is 20.1 Å². The largest absolute Gasteiger partial charge is 0.488 e. The van der Waals surface area contributed by atoms with Crippen molar-refractivity contribution in [3.63, 3.8) is 0 Å². The molecule has 0 spiro atoms. The van der Waals surface area contributed by atoms with Crippen LogP contribution < -0.4 is 4.74 Å². The molecular weight excluding hydrogens is 310 g/mol. The maximum atomic E-state index is 5.93. The Morgan fingerprint density at radius 2 is 2.12 bits per heavy atom. The minimum absolute atomic E-state index is 0.0495. The van der Waals surface area contributed by atoms with Gasteiger partial charge in [-0.3, -0.25) is 5.10 Å². The highest BCUT2D eigenvalue weighted by Gasteiger charge is 2.14. The van der Waals surface area contributed by atoms with Crippen LogP contribution in [0.4, 0.5) is 0 Å². The van der Waals surface area contributed by atoms with E-state index < -0.39 is 0 Å². The van der Waals surface area contributed by atoms with Crippen LogP contribution in [-0.4, -0.2) is 57.7 Å². The van der Waals surface area contributed by atoms with E-state index >= 15 is 0 Å². The first-order valence-electron chi connectivity index (χ1n) is 8.00. The fraction of sp³-hybridized carbons (Fsp3) is 0.438. The fourth-order valence-electron chi connectivity index (χ4n) is 2.66. The Labute approximate surface area is 138 Å². The minimum atomic E-state index is -0.0495. The summed E-state index contributed by atoms with van der Waals surface area (Å²) in [4.78, 5) is 1.62. The van der Waals surface area contributed by atoms with Gasteiger partial charge in [-0.1, -0.05) is 0 Å². The average Bonchev–Trinajstić information content (AvgIpc) is 3.19. The van der Waals surface area contributed by atoms with E-state index in [4.69, 9.17) is 14.2 Å². The quantitative estimate of drug-likeness (QED) is 0.674. The topological polar surface area (TPSA) is 87.1 Å². The van der Waals surface area contributed by atoms with Gasteiger partial charge in [-0.05, 0) is 25.1 Å². The summed E-state index contributed by atoms with van der Waals surface area (Å²) in [6.45, 7) is 4.70. The summed E-state index contributed by atoms with van der Waals surface area (Å²) >= 11 is 0. The maximum absolute atomic E-state index is 5.93. The second-order valence-corrected chi connectivity index (χ2v) is 5.72. The molecule has 4 rings (SSSR count). The lowest BCUT2D eigenvalue weighted by Crippen LogP contribution is -2.21. The van der Waals surface area contributed by atoms with Crippen molar-refractivity contribution >= 4 is 10.9 Å². The van der Waals surface area contributed by atoms with Crippen LogP contribution in [0, 0.1) is 0 Å². The van der Waals surface area contributed by atoms with Crippen molar-refractivity contribution in [3.8, 4) is 17.1 Å². The van der Waals surface area contributed by atoms with Crippen LogP contribution in [0.5, 0.6) is 5.75 Å². The first kappa shape index (κ1) is 15.1. The molecule has 0 aliphatic carbocycles. The summed E-state index contributed by atoms with van der Waals surface area (Å²) in [6.07, 6.45) is 1.67. The zero-order valence-electron chi connectivity index (χ0n) is 13.4. The van der Waals surface area contributed by atoms with Crippen LogP contribution in [0.2, 0.25) is 0 Å². The third-order valence-electron chi connectivity index (χ3n) is 3.81. The van der Waals surface area contributed by atoms with E-state index in [1.165, 1.54) is 0 Å². The standard InChI is InChI=1S/C16H19N5O3/c1-11-10-23-7-6-22-5-4-21-17-9-15(20-21)16-13-8-12(24-11)2-3-14(13)18-19-16/h2-3,8-9,11H,4-7,10H2,1H3,(H,18,19)/t11-/m0/s1. The van der Waals surface area contributed by atoms with Gasteiger partial charge in [0.05, 0.1) is 44.7 Å². The summed E-state index contributed by atoms with van der Waals surface area (Å²) in [6, 6.07) is 5.85. The van der Waals surface area contributed by atoms with E-state index in [1.54, 1.807) is 11.0 Å². The van der Waals surface area contributed by atoms with Crippen LogP contribution in [0.25, 0.3) is 22.3 Å². The van der Waals surface area contributed by atoms with E-state index in [-0.39, 0.29) is 6.10 Å². The Hall–Kier alpha value is -2.45. The van der Waals surface area contributed by atoms with Crippen molar-refractivity contribution in [2.24, 2.45) is 0 Å². The molecule has 1 aliphatic rings. The van der Waals surface area contributed by atoms with Crippen LogP contribution >= 0.6 is 0 Å². The highest BCUT2D eigenvalue weighted by atomic mass is 16.5. The molecule has 2 aromatic heterocycles. The van der Waals surface area contributed by atoms with Gasteiger partial charge in [0.15, 0.2) is 0 Å². The molecule has 1 aromatic carbocycles. The number of fused-ring (bicyclic) bond motifs is 4. The number of rotatable bonds is 0. The Balaban J connectivity index is 1.71. The lowest BCUT2D eigenvalue weighted by atomic mass is 10.1. The first-order valence-corrected chi connectivity index (χ1v) is 8.00. The van der Waals surface area contributed by atoms with Gasteiger partial charge >= 0.3 is 0 Å². The van der Waals surface area contributed by atoms with E-state index in [2.05, 4.69) is 20.4 Å². The molecule has 0 radical (unpaired) electrons. The molecule has 0 fully saturated rings. The van der Waals surface area contributed by atoms with Gasteiger partial charge < -0.3 is 14.2 Å². The Bertz CT molecular complexity index is 828. The molecular formula is C16H19N5O3. The maximum Gasteiger partial charge on any atom is 0.133 e. The highest BCUT2D eigenvalue weighted by Crippen LogP contribution is 2.28. The molecule has 0 saturated carbocycles. The van der Waals surface area contributed by atoms with Crippen LogP contribution in [0.1, 0.15) is 6.92 Å². The van der Waals surface area contributed by atoms with Gasteiger partial charge in [-0.15, -0.1) is 0 Å². The highest BCUT2D eigenvalue weighted by molar-refractivity contribution is 5.92. The number of nitrogens with zero attached hydrogens (tertiary/aromatic N) is 4.